The van der Waals surface area contributed by atoms with Gasteiger partial charge in [0.15, 0.2) is 5.75 Å². The molecule has 0 spiro atoms. The number of fused-ring (bicyclic) bond motifs is 14. The van der Waals surface area contributed by atoms with Crippen LogP contribution in [-0.4, -0.2) is 120 Å². The van der Waals surface area contributed by atoms with E-state index in [1.807, 2.05) is 0 Å². The first kappa shape index (κ1) is 50.4. The molecular formula is C46H64N2O15. The van der Waals surface area contributed by atoms with Gasteiger partial charge in [-0.2, -0.15) is 0 Å². The predicted molar refractivity (Wildman–Crippen MR) is 234 cm³/mol. The zero-order valence-electron chi connectivity index (χ0n) is 37.8. The van der Waals surface area contributed by atoms with Gasteiger partial charge in [0.25, 0.3) is 11.7 Å². The van der Waals surface area contributed by atoms with Crippen LogP contribution >= 0.6 is 0 Å². The summed E-state index contributed by atoms with van der Waals surface area (Å²) >= 11 is 0. The number of carbonyl (C=O) groups excluding carboxylic acids is 3. The van der Waals surface area contributed by atoms with Gasteiger partial charge in [-0.1, -0.05) is 64.4 Å². The van der Waals surface area contributed by atoms with Crippen molar-refractivity contribution in [1.82, 2.24) is 0 Å². The van der Waals surface area contributed by atoms with Gasteiger partial charge in [0.1, 0.15) is 30.0 Å². The molecule has 5 bridgehead atoms. The van der Waals surface area contributed by atoms with E-state index in [9.17, 15) is 39.9 Å². The van der Waals surface area contributed by atoms with Crippen LogP contribution in [0.25, 0.3) is 10.8 Å². The normalized spacial score (nSPS) is 28.9. The second-order valence-electron chi connectivity index (χ2n) is 16.3. The molecule has 348 valence electrons. The summed E-state index contributed by atoms with van der Waals surface area (Å²) in [5.74, 6) is -8.82. The zero-order chi connectivity index (χ0) is 46.8. The maximum atomic E-state index is 14.4. The Kier molecular flexibility index (Phi) is 18.0. The number of phenols is 3. The van der Waals surface area contributed by atoms with E-state index in [0.29, 0.717) is 19.8 Å². The van der Waals surface area contributed by atoms with Crippen LogP contribution in [0.5, 0.6) is 23.0 Å². The largest absolute Gasteiger partial charge is 0.507 e. The number of Topliss-reactive ketones (excluding diaryl/α,β-unsaturated/α-hetero) is 1. The smallest absolute Gasteiger partial charge is 0.312 e. The van der Waals surface area contributed by atoms with Gasteiger partial charge in [-0.3, -0.25) is 14.4 Å². The number of aliphatic hydroxyl groups excluding tert-OH is 2. The van der Waals surface area contributed by atoms with Crippen molar-refractivity contribution in [3.63, 3.8) is 0 Å². The van der Waals surface area contributed by atoms with Crippen LogP contribution in [0.1, 0.15) is 89.7 Å². The third-order valence-corrected chi connectivity index (χ3v) is 11.6. The van der Waals surface area contributed by atoms with Crippen LogP contribution < -0.4 is 10.1 Å². The molecule has 0 saturated heterocycles. The molecule has 5 rings (SSSR count). The number of oxime groups is 1. The molecule has 0 aromatic heterocycles. The zero-order valence-corrected chi connectivity index (χ0v) is 37.8. The van der Waals surface area contributed by atoms with Crippen LogP contribution in [0.4, 0.5) is 5.69 Å². The number of ketones is 1. The summed E-state index contributed by atoms with van der Waals surface area (Å²) < 4.78 is 34.5. The molecule has 3 heterocycles. The van der Waals surface area contributed by atoms with Gasteiger partial charge in [0, 0.05) is 67.8 Å². The van der Waals surface area contributed by atoms with Crippen LogP contribution in [0, 0.1) is 30.6 Å². The Balaban J connectivity index is 1.85. The van der Waals surface area contributed by atoms with E-state index in [0.717, 1.165) is 19.1 Å². The minimum absolute atomic E-state index is 0.0103. The molecule has 9 atom stereocenters. The minimum atomic E-state index is -2.08. The number of aliphatic hydroxyl groups is 2. The lowest BCUT2D eigenvalue weighted by atomic mass is 9.78. The third-order valence-electron chi connectivity index (χ3n) is 11.6. The number of carbonyl (C=O) groups is 3. The molecule has 2 aromatic carbocycles. The van der Waals surface area contributed by atoms with Gasteiger partial charge in [0.05, 0.1) is 72.8 Å². The predicted octanol–water partition coefficient (Wildman–Crippen LogP) is 5.94. The molecule has 0 saturated carbocycles. The number of hydrogen-bond acceptors (Lipinski definition) is 16. The van der Waals surface area contributed by atoms with Gasteiger partial charge in [0.2, 0.25) is 0 Å². The number of aromatic hydroxyl groups is 3. The number of anilines is 1. The van der Waals surface area contributed by atoms with Crippen molar-refractivity contribution >= 4 is 40.3 Å². The first-order valence-corrected chi connectivity index (χ1v) is 21.2. The number of benzene rings is 2. The van der Waals surface area contributed by atoms with E-state index < -0.39 is 88.8 Å². The maximum Gasteiger partial charge on any atom is 0.312 e. The molecule has 63 heavy (non-hydrogen) atoms. The first-order chi connectivity index (χ1) is 29.8. The molecule has 3 aliphatic rings. The van der Waals surface area contributed by atoms with Gasteiger partial charge in [-0.25, -0.2) is 0 Å². The topological polar surface area (TPSA) is 241 Å². The average Bonchev–Trinajstić information content (AvgIpc) is 3.51. The molecule has 6 N–H and O–H groups in total. The molecule has 0 aliphatic carbocycles. The summed E-state index contributed by atoms with van der Waals surface area (Å²) in [5.41, 5.74) is -0.723. The number of hydrogen-bond donors (Lipinski definition) is 6. The SMILES string of the molecule is CCCCOCCOCCO/N=C/c1c2c(O)c3c(O)c(C)c4c(c3c1O)C(=O)C(C)(O/C=C/C(OC)C(C)C(OC(C)=O)C(C)C(O)C(C)C(O)C(C)/C=C/C=C(/C)C(=O)N2)O4. The number of allylic oxidation sites excluding steroid dienone is 2. The molecule has 17 nitrogen and oxygen atoms in total. The van der Waals surface area contributed by atoms with Crippen molar-refractivity contribution in [2.24, 2.45) is 28.8 Å². The fourth-order valence-corrected chi connectivity index (χ4v) is 7.68. The average molecular weight is 885 g/mol. The van der Waals surface area contributed by atoms with Gasteiger partial charge in [-0.05, 0) is 26.3 Å². The minimum Gasteiger partial charge on any atom is -0.507 e. The highest BCUT2D eigenvalue weighted by molar-refractivity contribution is 6.23. The van der Waals surface area contributed by atoms with E-state index >= 15 is 0 Å². The van der Waals surface area contributed by atoms with Crippen molar-refractivity contribution in [3.8, 4) is 23.0 Å². The van der Waals surface area contributed by atoms with Gasteiger partial charge >= 0.3 is 11.8 Å². The Hall–Kier alpha value is -5.20. The molecule has 0 radical (unpaired) electrons. The standard InChI is InChI=1S/C46H64N2O15/c1-11-12-17-58-19-20-59-21-22-61-47-23-31-36-41(54)34-33(40(31)53)35-43(29(7)39(34)52)63-46(9,44(35)55)60-18-16-32(57-10)26(4)42(62-30(8)49)28(6)38(51)27(5)37(50)24(2)14-13-15-25(3)45(56)48-36/h13-16,18,23-24,26-28,32,37-38,42,50-54H,11-12,17,19-22H2,1-10H3,(H,48,56)/b14-13+,18-16+,25-15-,47-23+. The second-order valence-corrected chi connectivity index (χ2v) is 16.3. The highest BCUT2D eigenvalue weighted by Gasteiger charge is 2.50. The van der Waals surface area contributed by atoms with Crippen LogP contribution in [-0.2, 0) is 38.1 Å². The Morgan fingerprint density at radius 2 is 1.57 bits per heavy atom. The molecule has 2 aromatic rings. The highest BCUT2D eigenvalue weighted by atomic mass is 16.7. The molecule has 17 heteroatoms. The van der Waals surface area contributed by atoms with Gasteiger partial charge in [-0.15, -0.1) is 0 Å². The third kappa shape index (κ3) is 11.5. The summed E-state index contributed by atoms with van der Waals surface area (Å²) in [4.78, 5) is 45.8. The molecule has 9 unspecified atom stereocenters. The molecule has 3 aliphatic heterocycles. The van der Waals surface area contributed by atoms with E-state index in [1.54, 1.807) is 39.8 Å². The van der Waals surface area contributed by atoms with Crippen molar-refractivity contribution in [1.29, 1.82) is 0 Å². The Morgan fingerprint density at radius 1 is 0.905 bits per heavy atom. The van der Waals surface area contributed by atoms with E-state index in [2.05, 4.69) is 17.4 Å². The summed E-state index contributed by atoms with van der Waals surface area (Å²) in [6.07, 6.45) is 6.38. The van der Waals surface area contributed by atoms with E-state index in [-0.39, 0.29) is 57.7 Å². The molecule has 0 fully saturated rings. The Morgan fingerprint density at radius 3 is 2.22 bits per heavy atom. The number of nitrogens with zero attached hydrogens (tertiary/aromatic N) is 1. The highest BCUT2D eigenvalue weighted by Crippen LogP contribution is 2.55. The lowest BCUT2D eigenvalue weighted by Crippen LogP contribution is -2.46. The number of methoxy groups -OCH3 is 1. The fourth-order valence-electron chi connectivity index (χ4n) is 7.68. The number of ether oxygens (including phenoxy) is 6. The number of unbranched alkanes of at least 4 members (excludes halogenated alkanes) is 1. The number of rotatable bonds is 13. The number of phenolic OH excluding ortho intramolecular Hbond substituents is 3. The number of nitrogens with one attached hydrogen (secondary N) is 1. The molecule has 1 amide bonds. The van der Waals surface area contributed by atoms with Crippen molar-refractivity contribution in [3.05, 3.63) is 52.8 Å². The summed E-state index contributed by atoms with van der Waals surface area (Å²) in [5, 5.41) is 64.1. The number of amides is 1. The van der Waals surface area contributed by atoms with E-state index in [1.165, 1.54) is 53.2 Å². The van der Waals surface area contributed by atoms with Crippen LogP contribution in [0.3, 0.4) is 0 Å². The van der Waals surface area contributed by atoms with Gasteiger partial charge < -0.3 is 64.1 Å². The Labute approximate surface area is 368 Å². The fraction of sp³-hybridized carbons (Fsp3) is 0.565. The first-order valence-electron chi connectivity index (χ1n) is 21.2. The number of esters is 1. The summed E-state index contributed by atoms with van der Waals surface area (Å²) in [6, 6.07) is 0. The van der Waals surface area contributed by atoms with Crippen LogP contribution in [0.2, 0.25) is 0 Å². The lowest BCUT2D eigenvalue weighted by Gasteiger charge is -2.38. The second kappa shape index (κ2) is 22.4. The Bertz CT molecular complexity index is 2080. The van der Waals surface area contributed by atoms with Crippen LogP contribution in [0.15, 0.2) is 41.3 Å². The summed E-state index contributed by atoms with van der Waals surface area (Å²) in [7, 11) is 1.42. The lowest BCUT2D eigenvalue weighted by molar-refractivity contribution is -0.160. The van der Waals surface area contributed by atoms with E-state index in [4.69, 9.17) is 33.3 Å². The molecular weight excluding hydrogens is 821 g/mol. The maximum absolute atomic E-state index is 14.4. The monoisotopic (exact) mass is 884 g/mol. The van der Waals surface area contributed by atoms with Crippen molar-refractivity contribution in [2.45, 2.75) is 105 Å². The van der Waals surface area contributed by atoms with Crippen molar-refractivity contribution in [2.75, 3.05) is 45.5 Å². The summed E-state index contributed by atoms with van der Waals surface area (Å²) in [6.45, 7) is 16.0. The quantitative estimate of drug-likeness (QED) is 0.0341. The van der Waals surface area contributed by atoms with Crippen molar-refractivity contribution < 1.29 is 73.2 Å².